The van der Waals surface area contributed by atoms with Crippen LogP contribution in [0.3, 0.4) is 0 Å². The molecule has 0 saturated carbocycles. The summed E-state index contributed by atoms with van der Waals surface area (Å²) in [6.07, 6.45) is 2.95. The maximum atomic E-state index is 13.8. The smallest absolute Gasteiger partial charge is 0.257 e. The first kappa shape index (κ1) is 15.2. The average Bonchev–Trinajstić information content (AvgIpc) is 2.40. The third kappa shape index (κ3) is 3.29. The normalized spacial score (nSPS) is 16.1. The minimum absolute atomic E-state index is 0.131. The number of hydrogen-bond donors (Lipinski definition) is 0. The van der Waals surface area contributed by atoms with Gasteiger partial charge in [0.05, 0.1) is 5.56 Å². The summed E-state index contributed by atoms with van der Waals surface area (Å²) in [5.41, 5.74) is 1.62. The van der Waals surface area contributed by atoms with E-state index in [-0.39, 0.29) is 16.9 Å². The van der Waals surface area contributed by atoms with Crippen LogP contribution in [0.25, 0.3) is 0 Å². The largest absolute Gasteiger partial charge is 0.335 e. The minimum Gasteiger partial charge on any atom is -0.335 e. The summed E-state index contributed by atoms with van der Waals surface area (Å²) in [4.78, 5) is 14.1. The molecule has 1 heterocycles. The molecule has 1 aliphatic rings. The molecule has 1 aromatic rings. The first-order valence-electron chi connectivity index (χ1n) is 6.73. The molecule has 2 nitrogen and oxygen atoms in total. The Hall–Kier alpha value is -1.16. The standard InChI is InChI=1S/C16H19BrFNO/c1-16(2,3)11-6-8-19(9-7-11)15(20)13-10-12(17)4-5-14(13)18/h4-6,10H,7-9H2,1-3H3. The van der Waals surface area contributed by atoms with Gasteiger partial charge in [-0.05, 0) is 30.0 Å². The van der Waals surface area contributed by atoms with Gasteiger partial charge in [0.2, 0.25) is 0 Å². The molecule has 108 valence electrons. The monoisotopic (exact) mass is 339 g/mol. The minimum atomic E-state index is -0.469. The Kier molecular flexibility index (Phi) is 4.33. The van der Waals surface area contributed by atoms with E-state index < -0.39 is 5.82 Å². The number of carbonyl (C=O) groups excluding carboxylic acids is 1. The molecular weight excluding hydrogens is 321 g/mol. The molecule has 20 heavy (non-hydrogen) atoms. The average molecular weight is 340 g/mol. The van der Waals surface area contributed by atoms with Crippen LogP contribution < -0.4 is 0 Å². The second-order valence-electron chi connectivity index (χ2n) is 6.10. The van der Waals surface area contributed by atoms with Crippen LogP contribution in [0, 0.1) is 11.2 Å². The van der Waals surface area contributed by atoms with E-state index >= 15 is 0 Å². The predicted octanol–water partition coefficient (Wildman–Crippen LogP) is 4.41. The van der Waals surface area contributed by atoms with Crippen molar-refractivity contribution < 1.29 is 9.18 Å². The summed E-state index contributed by atoms with van der Waals surface area (Å²) in [5.74, 6) is -0.711. The van der Waals surface area contributed by atoms with Crippen LogP contribution in [0.5, 0.6) is 0 Å². The first-order chi connectivity index (χ1) is 9.29. The van der Waals surface area contributed by atoms with Gasteiger partial charge < -0.3 is 4.90 Å². The lowest BCUT2D eigenvalue weighted by atomic mass is 9.83. The van der Waals surface area contributed by atoms with E-state index in [9.17, 15) is 9.18 Å². The van der Waals surface area contributed by atoms with Gasteiger partial charge in [0.25, 0.3) is 5.91 Å². The zero-order chi connectivity index (χ0) is 14.9. The quantitative estimate of drug-likeness (QED) is 0.694. The Morgan fingerprint density at radius 3 is 2.60 bits per heavy atom. The topological polar surface area (TPSA) is 20.3 Å². The van der Waals surface area contributed by atoms with Gasteiger partial charge in [0, 0.05) is 17.6 Å². The van der Waals surface area contributed by atoms with E-state index in [0.29, 0.717) is 17.6 Å². The molecule has 0 atom stereocenters. The van der Waals surface area contributed by atoms with Crippen molar-refractivity contribution in [2.45, 2.75) is 27.2 Å². The summed E-state index contributed by atoms with van der Waals surface area (Å²) in [5, 5.41) is 0. The Morgan fingerprint density at radius 1 is 1.35 bits per heavy atom. The highest BCUT2D eigenvalue weighted by Gasteiger charge is 2.25. The summed E-state index contributed by atoms with van der Waals surface area (Å²) in [6.45, 7) is 7.71. The predicted molar refractivity (Wildman–Crippen MR) is 82.2 cm³/mol. The SMILES string of the molecule is CC(C)(C)C1=CCN(C(=O)c2cc(Br)ccc2F)CC1. The molecular formula is C16H19BrFNO. The molecule has 4 heteroatoms. The van der Waals surface area contributed by atoms with Crippen molar-refractivity contribution in [2.75, 3.05) is 13.1 Å². The fourth-order valence-corrected chi connectivity index (χ4v) is 2.73. The number of rotatable bonds is 1. The van der Waals surface area contributed by atoms with Crippen molar-refractivity contribution >= 4 is 21.8 Å². The van der Waals surface area contributed by atoms with Crippen LogP contribution in [-0.4, -0.2) is 23.9 Å². The van der Waals surface area contributed by atoms with Crippen molar-refractivity contribution in [3.63, 3.8) is 0 Å². The van der Waals surface area contributed by atoms with Crippen molar-refractivity contribution in [3.8, 4) is 0 Å². The highest BCUT2D eigenvalue weighted by molar-refractivity contribution is 9.10. The number of benzene rings is 1. The van der Waals surface area contributed by atoms with Gasteiger partial charge in [-0.25, -0.2) is 4.39 Å². The summed E-state index contributed by atoms with van der Waals surface area (Å²) < 4.78 is 14.5. The van der Waals surface area contributed by atoms with Crippen molar-refractivity contribution in [1.29, 1.82) is 0 Å². The zero-order valence-electron chi connectivity index (χ0n) is 12.0. The van der Waals surface area contributed by atoms with Gasteiger partial charge in [-0.15, -0.1) is 0 Å². The van der Waals surface area contributed by atoms with E-state index in [2.05, 4.69) is 42.8 Å². The molecule has 0 radical (unpaired) electrons. The van der Waals surface area contributed by atoms with E-state index in [0.717, 1.165) is 6.42 Å². The van der Waals surface area contributed by atoms with Crippen LogP contribution in [0.15, 0.2) is 34.3 Å². The molecule has 0 bridgehead atoms. The van der Waals surface area contributed by atoms with E-state index in [1.807, 2.05) is 0 Å². The van der Waals surface area contributed by atoms with Gasteiger partial charge in [0.15, 0.2) is 0 Å². The number of amides is 1. The third-order valence-corrected chi connectivity index (χ3v) is 4.11. The highest BCUT2D eigenvalue weighted by atomic mass is 79.9. The molecule has 0 aromatic heterocycles. The van der Waals surface area contributed by atoms with Gasteiger partial charge in [-0.3, -0.25) is 4.79 Å². The lowest BCUT2D eigenvalue weighted by Gasteiger charge is -2.32. The Morgan fingerprint density at radius 2 is 2.05 bits per heavy atom. The molecule has 2 rings (SSSR count). The van der Waals surface area contributed by atoms with Crippen LogP contribution >= 0.6 is 15.9 Å². The van der Waals surface area contributed by atoms with Gasteiger partial charge in [-0.1, -0.05) is 48.4 Å². The van der Waals surface area contributed by atoms with Gasteiger partial charge in [0.1, 0.15) is 5.82 Å². The molecule has 0 unspecified atom stereocenters. The number of hydrogen-bond acceptors (Lipinski definition) is 1. The fourth-order valence-electron chi connectivity index (χ4n) is 2.37. The Balaban J connectivity index is 2.17. The molecule has 0 spiro atoms. The van der Waals surface area contributed by atoms with E-state index in [1.165, 1.54) is 11.6 Å². The lowest BCUT2D eigenvalue weighted by Crippen LogP contribution is -2.36. The van der Waals surface area contributed by atoms with Crippen molar-refractivity contribution in [3.05, 3.63) is 45.7 Å². The number of nitrogens with zero attached hydrogens (tertiary/aromatic N) is 1. The summed E-state index contributed by atoms with van der Waals surface area (Å²) >= 11 is 3.27. The van der Waals surface area contributed by atoms with E-state index in [1.54, 1.807) is 17.0 Å². The summed E-state index contributed by atoms with van der Waals surface area (Å²) in [7, 11) is 0. The lowest BCUT2D eigenvalue weighted by molar-refractivity contribution is 0.0760. The Labute approximate surface area is 127 Å². The molecule has 1 aliphatic heterocycles. The summed E-state index contributed by atoms with van der Waals surface area (Å²) in [6, 6.07) is 4.46. The van der Waals surface area contributed by atoms with Gasteiger partial charge >= 0.3 is 0 Å². The highest BCUT2D eigenvalue weighted by Crippen LogP contribution is 2.30. The van der Waals surface area contributed by atoms with Crippen molar-refractivity contribution in [1.82, 2.24) is 4.90 Å². The molecule has 1 aromatic carbocycles. The zero-order valence-corrected chi connectivity index (χ0v) is 13.6. The molecule has 0 saturated heterocycles. The molecule has 0 fully saturated rings. The van der Waals surface area contributed by atoms with Crippen LogP contribution in [0.1, 0.15) is 37.6 Å². The van der Waals surface area contributed by atoms with E-state index in [4.69, 9.17) is 0 Å². The number of carbonyl (C=O) groups is 1. The van der Waals surface area contributed by atoms with Crippen LogP contribution in [0.4, 0.5) is 4.39 Å². The molecule has 0 N–H and O–H groups in total. The maximum Gasteiger partial charge on any atom is 0.257 e. The molecule has 1 amide bonds. The number of halogens is 2. The maximum absolute atomic E-state index is 13.8. The van der Waals surface area contributed by atoms with Crippen LogP contribution in [-0.2, 0) is 0 Å². The first-order valence-corrected chi connectivity index (χ1v) is 7.52. The van der Waals surface area contributed by atoms with Crippen LogP contribution in [0.2, 0.25) is 0 Å². The third-order valence-electron chi connectivity index (χ3n) is 3.62. The molecule has 0 aliphatic carbocycles. The van der Waals surface area contributed by atoms with Crippen molar-refractivity contribution in [2.24, 2.45) is 5.41 Å². The second kappa shape index (κ2) is 5.68. The Bertz CT molecular complexity index is 560. The second-order valence-corrected chi connectivity index (χ2v) is 7.02. The fraction of sp³-hybridized carbons (Fsp3) is 0.438. The van der Waals surface area contributed by atoms with Gasteiger partial charge in [-0.2, -0.15) is 0 Å².